The molecule has 1 aromatic carbocycles. The Labute approximate surface area is 128 Å². The smallest absolute Gasteiger partial charge is 0.240 e. The van der Waals surface area contributed by atoms with Crippen molar-refractivity contribution >= 4 is 32.7 Å². The van der Waals surface area contributed by atoms with Gasteiger partial charge in [0.2, 0.25) is 10.0 Å². The number of para-hydroxylation sites is 1. The molecule has 0 unspecified atom stereocenters. The largest absolute Gasteiger partial charge is 0.396 e. The van der Waals surface area contributed by atoms with E-state index in [9.17, 15) is 8.42 Å². The highest BCUT2D eigenvalue weighted by molar-refractivity contribution is 7.89. The Morgan fingerprint density at radius 3 is 2.62 bits per heavy atom. The number of hydrogen-bond acceptors (Lipinski definition) is 5. The van der Waals surface area contributed by atoms with Crippen LogP contribution >= 0.6 is 11.3 Å². The lowest BCUT2D eigenvalue weighted by Gasteiger charge is -2.26. The van der Waals surface area contributed by atoms with Gasteiger partial charge in [0.05, 0.1) is 11.4 Å². The molecule has 2 aromatic rings. The third-order valence-electron chi connectivity index (χ3n) is 3.58. The first-order chi connectivity index (χ1) is 9.97. The molecule has 7 heteroatoms. The molecule has 0 amide bonds. The first-order valence-corrected chi connectivity index (χ1v) is 9.15. The molecule has 4 N–H and O–H groups in total. The van der Waals surface area contributed by atoms with Crippen LogP contribution in [0, 0.1) is 0 Å². The number of thiophene rings is 1. The third-order valence-corrected chi connectivity index (χ3v) is 5.28. The Hall–Kier alpha value is -1.57. The number of benzene rings is 1. The number of hydrogen-bond donors (Lipinski definition) is 2. The molecule has 1 aromatic heterocycles. The Morgan fingerprint density at radius 2 is 2.05 bits per heavy atom. The number of nitrogens with zero attached hydrogens (tertiary/aromatic N) is 1. The van der Waals surface area contributed by atoms with Crippen LogP contribution in [-0.4, -0.2) is 14.5 Å². The predicted molar refractivity (Wildman–Crippen MR) is 85.8 cm³/mol. The first kappa shape index (κ1) is 14.4. The average molecular weight is 323 g/mol. The molecule has 0 radical (unpaired) electrons. The molecule has 0 bridgehead atoms. The topological polar surface area (TPSA) is 89.4 Å². The molecule has 0 saturated heterocycles. The number of rotatable bonds is 5. The quantitative estimate of drug-likeness (QED) is 0.825. The molecule has 5 nitrogen and oxygen atoms in total. The van der Waals surface area contributed by atoms with Crippen molar-refractivity contribution in [1.82, 2.24) is 0 Å². The Balaban J connectivity index is 2.00. The first-order valence-electron chi connectivity index (χ1n) is 6.66. The summed E-state index contributed by atoms with van der Waals surface area (Å²) in [5, 5.41) is 9.35. The molecule has 1 aliphatic rings. The molecule has 21 heavy (non-hydrogen) atoms. The summed E-state index contributed by atoms with van der Waals surface area (Å²) in [5.41, 5.74) is 8.25. The second-order valence-electron chi connectivity index (χ2n) is 5.22. The van der Waals surface area contributed by atoms with Crippen molar-refractivity contribution in [3.8, 4) is 0 Å². The van der Waals surface area contributed by atoms with E-state index in [1.165, 1.54) is 11.6 Å². The lowest BCUT2D eigenvalue weighted by atomic mass is 10.2. The van der Waals surface area contributed by atoms with Gasteiger partial charge in [0.1, 0.15) is 4.90 Å². The minimum Gasteiger partial charge on any atom is -0.396 e. The fourth-order valence-corrected chi connectivity index (χ4v) is 3.75. The van der Waals surface area contributed by atoms with Crippen molar-refractivity contribution < 1.29 is 8.42 Å². The van der Waals surface area contributed by atoms with Crippen LogP contribution in [0.4, 0.5) is 11.4 Å². The van der Waals surface area contributed by atoms with Gasteiger partial charge in [-0.3, -0.25) is 0 Å². The van der Waals surface area contributed by atoms with Crippen molar-refractivity contribution in [3.05, 3.63) is 40.6 Å². The number of primary sulfonamides is 1. The summed E-state index contributed by atoms with van der Waals surface area (Å²) in [4.78, 5) is 2.17. The molecule has 0 aliphatic heterocycles. The maximum absolute atomic E-state index is 11.6. The minimum atomic E-state index is -3.81. The Bertz CT molecular complexity index is 738. The average Bonchev–Trinajstić information content (AvgIpc) is 3.13. The normalized spacial score (nSPS) is 15.1. The van der Waals surface area contributed by atoms with Gasteiger partial charge in [0.25, 0.3) is 0 Å². The molecule has 0 spiro atoms. The van der Waals surface area contributed by atoms with Gasteiger partial charge < -0.3 is 10.6 Å². The minimum absolute atomic E-state index is 0.00373. The number of sulfonamides is 1. The van der Waals surface area contributed by atoms with Gasteiger partial charge in [-0.05, 0) is 47.4 Å². The number of nitrogen functional groups attached to an aromatic ring is 1. The van der Waals surface area contributed by atoms with E-state index in [0.29, 0.717) is 6.04 Å². The molecule has 1 aliphatic carbocycles. The second kappa shape index (κ2) is 5.32. The fourth-order valence-electron chi connectivity index (χ4n) is 2.41. The van der Waals surface area contributed by atoms with Gasteiger partial charge in [-0.25, -0.2) is 13.6 Å². The summed E-state index contributed by atoms with van der Waals surface area (Å²) in [6, 6.07) is 7.48. The highest BCUT2D eigenvalue weighted by atomic mass is 32.2. The monoisotopic (exact) mass is 323 g/mol. The summed E-state index contributed by atoms with van der Waals surface area (Å²) in [5.74, 6) is 0. The third kappa shape index (κ3) is 3.04. The van der Waals surface area contributed by atoms with E-state index in [1.807, 2.05) is 11.4 Å². The number of anilines is 2. The van der Waals surface area contributed by atoms with E-state index in [0.717, 1.165) is 25.1 Å². The van der Waals surface area contributed by atoms with Crippen molar-refractivity contribution in [3.63, 3.8) is 0 Å². The van der Waals surface area contributed by atoms with E-state index < -0.39 is 10.0 Å². The zero-order valence-electron chi connectivity index (χ0n) is 11.4. The molecule has 1 saturated carbocycles. The van der Waals surface area contributed by atoms with Gasteiger partial charge in [-0.1, -0.05) is 6.07 Å². The molecule has 112 valence electrons. The van der Waals surface area contributed by atoms with Gasteiger partial charge >= 0.3 is 0 Å². The van der Waals surface area contributed by atoms with Crippen molar-refractivity contribution in [2.75, 3.05) is 10.6 Å². The van der Waals surface area contributed by atoms with Crippen molar-refractivity contribution in [2.45, 2.75) is 30.3 Å². The molecular weight excluding hydrogens is 306 g/mol. The van der Waals surface area contributed by atoms with Gasteiger partial charge in [-0.15, -0.1) is 0 Å². The van der Waals surface area contributed by atoms with Crippen LogP contribution in [0.15, 0.2) is 39.9 Å². The van der Waals surface area contributed by atoms with E-state index in [1.54, 1.807) is 17.4 Å². The summed E-state index contributed by atoms with van der Waals surface area (Å²) in [6.07, 6.45) is 2.20. The lowest BCUT2D eigenvalue weighted by molar-refractivity contribution is 0.598. The molecule has 0 atom stereocenters. The van der Waals surface area contributed by atoms with Crippen LogP contribution in [0.2, 0.25) is 0 Å². The summed E-state index contributed by atoms with van der Waals surface area (Å²) in [7, 11) is -3.81. The summed E-state index contributed by atoms with van der Waals surface area (Å²) < 4.78 is 23.2. The fraction of sp³-hybridized carbons (Fsp3) is 0.286. The van der Waals surface area contributed by atoms with Crippen molar-refractivity contribution in [2.24, 2.45) is 5.14 Å². The van der Waals surface area contributed by atoms with Crippen LogP contribution in [-0.2, 0) is 16.6 Å². The SMILES string of the molecule is Nc1c(N(Cc2ccsc2)C2CC2)cccc1S(N)(=O)=O. The van der Waals surface area contributed by atoms with Gasteiger partial charge in [0, 0.05) is 12.6 Å². The maximum Gasteiger partial charge on any atom is 0.240 e. The zero-order chi connectivity index (χ0) is 15.0. The molecule has 1 heterocycles. The van der Waals surface area contributed by atoms with Crippen LogP contribution in [0.1, 0.15) is 18.4 Å². The number of nitrogens with two attached hydrogens (primary N) is 2. The van der Waals surface area contributed by atoms with Crippen LogP contribution < -0.4 is 15.8 Å². The van der Waals surface area contributed by atoms with E-state index >= 15 is 0 Å². The van der Waals surface area contributed by atoms with Gasteiger partial charge in [-0.2, -0.15) is 11.3 Å². The molecular formula is C14H17N3O2S2. The maximum atomic E-state index is 11.6. The second-order valence-corrected chi connectivity index (χ2v) is 7.53. The van der Waals surface area contributed by atoms with E-state index in [2.05, 4.69) is 16.3 Å². The van der Waals surface area contributed by atoms with E-state index in [-0.39, 0.29) is 10.6 Å². The van der Waals surface area contributed by atoms with Crippen LogP contribution in [0.5, 0.6) is 0 Å². The molecule has 1 fully saturated rings. The zero-order valence-corrected chi connectivity index (χ0v) is 13.0. The lowest BCUT2D eigenvalue weighted by Crippen LogP contribution is -2.26. The standard InChI is InChI=1S/C14H17N3O2S2/c15-14-12(2-1-3-13(14)21(16,18)19)17(11-4-5-11)8-10-6-7-20-9-10/h1-3,6-7,9,11H,4-5,8,15H2,(H2,16,18,19). The predicted octanol–water partition coefficient (Wildman–Crippen LogP) is 2.15. The van der Waals surface area contributed by atoms with E-state index in [4.69, 9.17) is 10.9 Å². The molecule has 3 rings (SSSR count). The van der Waals surface area contributed by atoms with Crippen molar-refractivity contribution in [1.29, 1.82) is 0 Å². The van der Waals surface area contributed by atoms with Crippen LogP contribution in [0.25, 0.3) is 0 Å². The van der Waals surface area contributed by atoms with Gasteiger partial charge in [0.15, 0.2) is 0 Å². The highest BCUT2D eigenvalue weighted by Crippen LogP contribution is 2.38. The summed E-state index contributed by atoms with van der Waals surface area (Å²) >= 11 is 1.65. The van der Waals surface area contributed by atoms with Crippen LogP contribution in [0.3, 0.4) is 0 Å². The highest BCUT2D eigenvalue weighted by Gasteiger charge is 2.31. The summed E-state index contributed by atoms with van der Waals surface area (Å²) in [6.45, 7) is 0.729. The Kier molecular flexibility index (Phi) is 3.64. The Morgan fingerprint density at radius 1 is 1.29 bits per heavy atom.